The molecule has 2 aromatic rings. The van der Waals surface area contributed by atoms with E-state index in [0.717, 1.165) is 30.0 Å². The van der Waals surface area contributed by atoms with E-state index in [4.69, 9.17) is 4.74 Å². The molecule has 0 spiro atoms. The highest BCUT2D eigenvalue weighted by atomic mass is 32.2. The molecule has 0 atom stereocenters. The molecule has 6 nitrogen and oxygen atoms in total. The summed E-state index contributed by atoms with van der Waals surface area (Å²) in [7, 11) is -2.46. The molecule has 0 heterocycles. The summed E-state index contributed by atoms with van der Waals surface area (Å²) in [5.74, 6) is 0.0988. The quantitative estimate of drug-likeness (QED) is 0.717. The number of amides is 1. The Bertz CT molecular complexity index is 923. The molecule has 162 valence electrons. The van der Waals surface area contributed by atoms with Gasteiger partial charge in [0, 0.05) is 6.04 Å². The van der Waals surface area contributed by atoms with Gasteiger partial charge in [-0.15, -0.1) is 0 Å². The molecule has 0 radical (unpaired) electrons. The fraction of sp³-hybridized carbons (Fsp3) is 0.435. The van der Waals surface area contributed by atoms with Crippen molar-refractivity contribution < 1.29 is 17.9 Å². The van der Waals surface area contributed by atoms with Gasteiger partial charge in [-0.25, -0.2) is 8.42 Å². The second-order valence-electron chi connectivity index (χ2n) is 7.61. The molecule has 7 heteroatoms. The summed E-state index contributed by atoms with van der Waals surface area (Å²) in [6.45, 7) is -0.298. The van der Waals surface area contributed by atoms with Crippen LogP contribution in [-0.2, 0) is 14.8 Å². The zero-order valence-electron chi connectivity index (χ0n) is 17.4. The molecule has 1 saturated carbocycles. The van der Waals surface area contributed by atoms with Gasteiger partial charge >= 0.3 is 0 Å². The van der Waals surface area contributed by atoms with Gasteiger partial charge in [0.15, 0.2) is 0 Å². The summed E-state index contributed by atoms with van der Waals surface area (Å²) in [6, 6.07) is 15.1. The lowest BCUT2D eigenvalue weighted by molar-refractivity contribution is -0.120. The van der Waals surface area contributed by atoms with Gasteiger partial charge in [-0.2, -0.15) is 0 Å². The third-order valence-electron chi connectivity index (χ3n) is 5.44. The Morgan fingerprint density at radius 2 is 1.57 bits per heavy atom. The molecule has 30 heavy (non-hydrogen) atoms. The van der Waals surface area contributed by atoms with E-state index in [-0.39, 0.29) is 23.4 Å². The molecular formula is C23H30N2O4S. The molecule has 1 fully saturated rings. The number of rotatable bonds is 7. The van der Waals surface area contributed by atoms with Gasteiger partial charge in [-0.05, 0) is 37.1 Å². The van der Waals surface area contributed by atoms with Crippen molar-refractivity contribution in [3.63, 3.8) is 0 Å². The van der Waals surface area contributed by atoms with Crippen LogP contribution >= 0.6 is 0 Å². The monoisotopic (exact) mass is 430 g/mol. The number of ether oxygens (including phenoxy) is 1. The Hall–Kier alpha value is -2.54. The first-order chi connectivity index (χ1) is 14.5. The van der Waals surface area contributed by atoms with Crippen molar-refractivity contribution in [3.8, 4) is 5.75 Å². The van der Waals surface area contributed by atoms with E-state index in [9.17, 15) is 13.2 Å². The molecule has 0 saturated heterocycles. The van der Waals surface area contributed by atoms with Crippen LogP contribution in [0, 0.1) is 0 Å². The van der Waals surface area contributed by atoms with Crippen LogP contribution in [-0.4, -0.2) is 34.0 Å². The Morgan fingerprint density at radius 1 is 0.967 bits per heavy atom. The number of nitrogens with one attached hydrogen (secondary N) is 1. The van der Waals surface area contributed by atoms with E-state index in [1.807, 2.05) is 0 Å². The van der Waals surface area contributed by atoms with Crippen molar-refractivity contribution in [1.29, 1.82) is 0 Å². The lowest BCUT2D eigenvalue weighted by Gasteiger charge is -2.27. The number of benzene rings is 2. The van der Waals surface area contributed by atoms with Crippen LogP contribution in [0.25, 0.3) is 0 Å². The number of hydrogen-bond donors (Lipinski definition) is 1. The highest BCUT2D eigenvalue weighted by Crippen LogP contribution is 2.32. The number of anilines is 1. The van der Waals surface area contributed by atoms with E-state index >= 15 is 0 Å². The van der Waals surface area contributed by atoms with E-state index < -0.39 is 10.0 Å². The third-order valence-corrected chi connectivity index (χ3v) is 7.22. The average molecular weight is 431 g/mol. The lowest BCUT2D eigenvalue weighted by Crippen LogP contribution is -2.44. The molecule has 3 rings (SSSR count). The molecule has 0 bridgehead atoms. The molecule has 1 N–H and O–H groups in total. The van der Waals surface area contributed by atoms with Crippen LogP contribution in [0.15, 0.2) is 59.5 Å². The summed E-state index contributed by atoms with van der Waals surface area (Å²) in [4.78, 5) is 13.0. The van der Waals surface area contributed by atoms with Crippen molar-refractivity contribution >= 4 is 21.6 Å². The van der Waals surface area contributed by atoms with Crippen LogP contribution in [0.4, 0.5) is 5.69 Å². The predicted octanol–water partition coefficient (Wildman–Crippen LogP) is 4.12. The minimum absolute atomic E-state index is 0.0942. The number of carbonyl (C=O) groups excluding carboxylic acids is 1. The van der Waals surface area contributed by atoms with Gasteiger partial charge in [-0.3, -0.25) is 9.10 Å². The fourth-order valence-corrected chi connectivity index (χ4v) is 5.31. The standard InChI is InChI=1S/C23H30N2O4S/c1-29-22-17-11-10-16-21(22)25(30(27,28)20-14-8-5-9-15-20)18-23(26)24-19-12-6-3-2-4-7-13-19/h5,8-11,14-17,19H,2-4,6-7,12-13,18H2,1H3,(H,24,26). The first kappa shape index (κ1) is 22.2. The fourth-order valence-electron chi connectivity index (χ4n) is 3.86. The Balaban J connectivity index is 1.87. The Morgan fingerprint density at radius 3 is 2.23 bits per heavy atom. The van der Waals surface area contributed by atoms with Crippen molar-refractivity contribution in [2.75, 3.05) is 18.0 Å². The molecule has 0 aliphatic heterocycles. The summed E-state index contributed by atoms with van der Waals surface area (Å²) < 4.78 is 33.4. The molecule has 0 aromatic heterocycles. The Kier molecular flexibility index (Phi) is 7.74. The molecule has 1 amide bonds. The maximum absolute atomic E-state index is 13.4. The minimum atomic E-state index is -3.94. The molecule has 2 aromatic carbocycles. The van der Waals surface area contributed by atoms with Crippen LogP contribution in [0.5, 0.6) is 5.75 Å². The van der Waals surface area contributed by atoms with Crippen LogP contribution in [0.3, 0.4) is 0 Å². The third kappa shape index (κ3) is 5.53. The first-order valence-corrected chi connectivity index (χ1v) is 12.0. The molecule has 0 unspecified atom stereocenters. The highest BCUT2D eigenvalue weighted by molar-refractivity contribution is 7.92. The van der Waals surface area contributed by atoms with Gasteiger partial charge in [0.1, 0.15) is 12.3 Å². The van der Waals surface area contributed by atoms with Gasteiger partial charge in [0.25, 0.3) is 10.0 Å². The van der Waals surface area contributed by atoms with E-state index in [1.165, 1.54) is 38.5 Å². The van der Waals surface area contributed by atoms with Gasteiger partial charge in [0.2, 0.25) is 5.91 Å². The number of para-hydroxylation sites is 2. The maximum atomic E-state index is 13.4. The second kappa shape index (κ2) is 10.5. The average Bonchev–Trinajstić information content (AvgIpc) is 2.74. The van der Waals surface area contributed by atoms with Crippen molar-refractivity contribution in [3.05, 3.63) is 54.6 Å². The second-order valence-corrected chi connectivity index (χ2v) is 9.47. The highest BCUT2D eigenvalue weighted by Gasteiger charge is 2.29. The largest absolute Gasteiger partial charge is 0.495 e. The van der Waals surface area contributed by atoms with Crippen molar-refractivity contribution in [1.82, 2.24) is 5.32 Å². The van der Waals surface area contributed by atoms with Crippen LogP contribution in [0.2, 0.25) is 0 Å². The van der Waals surface area contributed by atoms with Gasteiger partial charge in [0.05, 0.1) is 17.7 Å². The molecule has 1 aliphatic carbocycles. The van der Waals surface area contributed by atoms with Crippen molar-refractivity contribution in [2.24, 2.45) is 0 Å². The van der Waals surface area contributed by atoms with Gasteiger partial charge < -0.3 is 10.1 Å². The number of sulfonamides is 1. The lowest BCUT2D eigenvalue weighted by atomic mass is 9.97. The molecule has 1 aliphatic rings. The maximum Gasteiger partial charge on any atom is 0.264 e. The number of hydrogen-bond acceptors (Lipinski definition) is 4. The molecular weight excluding hydrogens is 400 g/mol. The summed E-state index contributed by atoms with van der Waals surface area (Å²) in [6.07, 6.45) is 7.66. The van der Waals surface area contributed by atoms with E-state index in [1.54, 1.807) is 42.5 Å². The number of carbonyl (C=O) groups is 1. The first-order valence-electron chi connectivity index (χ1n) is 10.5. The number of nitrogens with zero attached hydrogens (tertiary/aromatic N) is 1. The van der Waals surface area contributed by atoms with Gasteiger partial charge in [-0.1, -0.05) is 62.4 Å². The summed E-state index contributed by atoms with van der Waals surface area (Å²) in [5, 5.41) is 3.06. The van der Waals surface area contributed by atoms with Crippen LogP contribution < -0.4 is 14.4 Å². The van der Waals surface area contributed by atoms with Crippen molar-refractivity contribution in [2.45, 2.75) is 55.9 Å². The zero-order chi connectivity index (χ0) is 21.4. The normalized spacial score (nSPS) is 15.6. The Labute approximate surface area is 179 Å². The number of methoxy groups -OCH3 is 1. The van der Waals surface area contributed by atoms with Crippen LogP contribution in [0.1, 0.15) is 44.9 Å². The summed E-state index contributed by atoms with van der Waals surface area (Å²) in [5.41, 5.74) is 0.344. The van der Waals surface area contributed by atoms with E-state index in [2.05, 4.69) is 5.32 Å². The predicted molar refractivity (Wildman–Crippen MR) is 118 cm³/mol. The topological polar surface area (TPSA) is 75.7 Å². The summed E-state index contributed by atoms with van der Waals surface area (Å²) >= 11 is 0. The smallest absolute Gasteiger partial charge is 0.264 e. The SMILES string of the molecule is COc1ccccc1N(CC(=O)NC1CCCCCCC1)S(=O)(=O)c1ccccc1. The van der Waals surface area contributed by atoms with E-state index in [0.29, 0.717) is 11.4 Å². The zero-order valence-corrected chi connectivity index (χ0v) is 18.2. The minimum Gasteiger partial charge on any atom is -0.495 e.